The van der Waals surface area contributed by atoms with Crippen LogP contribution in [0.3, 0.4) is 0 Å². The summed E-state index contributed by atoms with van der Waals surface area (Å²) in [6.07, 6.45) is -0.541. The fraction of sp³-hybridized carbons (Fsp3) is 0.520. The first-order chi connectivity index (χ1) is 16.0. The van der Waals surface area contributed by atoms with Crippen LogP contribution in [0.1, 0.15) is 51.7 Å². The summed E-state index contributed by atoms with van der Waals surface area (Å²) >= 11 is 0. The molecule has 190 valence electrons. The minimum atomic E-state index is -4.42. The summed E-state index contributed by atoms with van der Waals surface area (Å²) < 4.78 is 50.5. The predicted molar refractivity (Wildman–Crippen MR) is 126 cm³/mol. The molecule has 34 heavy (non-hydrogen) atoms. The lowest BCUT2D eigenvalue weighted by molar-refractivity contribution is -0.156. The van der Waals surface area contributed by atoms with Gasteiger partial charge in [0, 0.05) is 18.7 Å². The summed E-state index contributed by atoms with van der Waals surface area (Å²) in [4.78, 5) is 25.0. The number of rotatable bonds is 12. The Kier molecular flexibility index (Phi) is 11.7. The van der Waals surface area contributed by atoms with Gasteiger partial charge in [0.2, 0.25) is 0 Å². The van der Waals surface area contributed by atoms with E-state index in [-0.39, 0.29) is 38.5 Å². The second kappa shape index (κ2) is 13.7. The molecule has 0 aliphatic carbocycles. The van der Waals surface area contributed by atoms with E-state index in [0.717, 1.165) is 18.6 Å². The molecule has 1 unspecified atom stereocenters. The molecule has 0 spiro atoms. The van der Waals surface area contributed by atoms with Gasteiger partial charge in [-0.25, -0.2) is 4.79 Å². The highest BCUT2D eigenvalue weighted by molar-refractivity contribution is 5.77. The van der Waals surface area contributed by atoms with E-state index in [1.165, 1.54) is 12.0 Å². The van der Waals surface area contributed by atoms with Crippen LogP contribution < -0.4 is 10.5 Å². The molecule has 9 heteroatoms. The van der Waals surface area contributed by atoms with Crippen LogP contribution in [0.5, 0.6) is 5.75 Å². The third-order valence-electron chi connectivity index (χ3n) is 5.22. The highest BCUT2D eigenvalue weighted by Gasteiger charge is 2.34. The third kappa shape index (κ3) is 9.11. The van der Waals surface area contributed by atoms with E-state index < -0.39 is 18.1 Å². The molecule has 0 heterocycles. The van der Waals surface area contributed by atoms with Crippen LogP contribution >= 0.6 is 0 Å². The Labute approximate surface area is 199 Å². The first-order valence-electron chi connectivity index (χ1n) is 11.3. The number of amides is 2. The number of hydrogen-bond donors (Lipinski definition) is 1. The summed E-state index contributed by atoms with van der Waals surface area (Å²) in [5.74, 6) is -1.55. The maximum atomic E-state index is 13.3. The van der Waals surface area contributed by atoms with Crippen LogP contribution in [0.2, 0.25) is 0 Å². The normalized spacial score (nSPS) is 13.4. The summed E-state index contributed by atoms with van der Waals surface area (Å²) in [7, 11) is 1.50. The Bertz CT molecular complexity index is 895. The van der Waals surface area contributed by atoms with Crippen LogP contribution in [-0.2, 0) is 16.0 Å². The lowest BCUT2D eigenvalue weighted by Crippen LogP contribution is -2.37. The van der Waals surface area contributed by atoms with Gasteiger partial charge < -0.3 is 20.1 Å². The number of carbonyl (C=O) groups excluding carboxylic acids is 2. The topological polar surface area (TPSA) is 81.9 Å². The maximum absolute atomic E-state index is 13.3. The number of urea groups is 1. The summed E-state index contributed by atoms with van der Waals surface area (Å²) in [5.41, 5.74) is 7.90. The highest BCUT2D eigenvalue weighted by atomic mass is 19.4. The van der Waals surface area contributed by atoms with Crippen LogP contribution in [0.25, 0.3) is 5.57 Å². The Morgan fingerprint density at radius 3 is 2.38 bits per heavy atom. The number of halogens is 3. The van der Waals surface area contributed by atoms with Gasteiger partial charge in [0.1, 0.15) is 5.75 Å². The van der Waals surface area contributed by atoms with E-state index in [2.05, 4.69) is 0 Å². The zero-order valence-electron chi connectivity index (χ0n) is 20.5. The van der Waals surface area contributed by atoms with Gasteiger partial charge in [-0.2, -0.15) is 13.2 Å². The maximum Gasteiger partial charge on any atom is 0.394 e. The second-order valence-electron chi connectivity index (χ2n) is 7.84. The van der Waals surface area contributed by atoms with Gasteiger partial charge in [-0.05, 0) is 55.5 Å². The van der Waals surface area contributed by atoms with Crippen LogP contribution in [0.4, 0.5) is 18.0 Å². The smallest absolute Gasteiger partial charge is 0.394 e. The SMILES string of the molecule is CC/C=C(\C/C(=C\C(C)C(F)(F)F)CN(CC)C(N)=O)c1cc(CC(=O)OCC)ccc1OC. The minimum Gasteiger partial charge on any atom is -0.496 e. The number of primary amides is 1. The van der Waals surface area contributed by atoms with Crippen molar-refractivity contribution in [1.29, 1.82) is 0 Å². The molecule has 0 saturated carbocycles. The predicted octanol–water partition coefficient (Wildman–Crippen LogP) is 5.51. The number of alkyl halides is 3. The van der Waals surface area contributed by atoms with Crippen molar-refractivity contribution in [3.63, 3.8) is 0 Å². The Balaban J connectivity index is 3.46. The highest BCUT2D eigenvalue weighted by Crippen LogP contribution is 2.34. The molecule has 0 aliphatic rings. The molecule has 1 rings (SSSR count). The first kappa shape index (κ1) is 29.1. The molecule has 2 amide bonds. The number of methoxy groups -OCH3 is 1. The zero-order valence-corrected chi connectivity index (χ0v) is 20.5. The fourth-order valence-electron chi connectivity index (χ4n) is 3.47. The number of nitrogens with two attached hydrogens (primary N) is 1. The fourth-order valence-corrected chi connectivity index (χ4v) is 3.47. The Morgan fingerprint density at radius 2 is 1.88 bits per heavy atom. The van der Waals surface area contributed by atoms with Gasteiger partial charge in [0.25, 0.3) is 0 Å². The number of ether oxygens (including phenoxy) is 2. The van der Waals surface area contributed by atoms with Gasteiger partial charge in [-0.1, -0.05) is 32.1 Å². The van der Waals surface area contributed by atoms with E-state index in [1.54, 1.807) is 32.0 Å². The van der Waals surface area contributed by atoms with Crippen molar-refractivity contribution in [2.45, 2.75) is 53.1 Å². The Hall–Kier alpha value is -2.97. The number of nitrogens with zero attached hydrogens (tertiary/aromatic N) is 1. The quantitative estimate of drug-likeness (QED) is 0.313. The second-order valence-corrected chi connectivity index (χ2v) is 7.84. The zero-order chi connectivity index (χ0) is 25.9. The van der Waals surface area contributed by atoms with E-state index in [4.69, 9.17) is 15.2 Å². The lowest BCUT2D eigenvalue weighted by Gasteiger charge is -2.23. The van der Waals surface area contributed by atoms with Gasteiger partial charge in [0.05, 0.1) is 26.1 Å². The Morgan fingerprint density at radius 1 is 1.21 bits per heavy atom. The molecule has 0 aliphatic heterocycles. The number of hydrogen-bond acceptors (Lipinski definition) is 4. The van der Waals surface area contributed by atoms with Crippen molar-refractivity contribution in [2.75, 3.05) is 26.8 Å². The van der Waals surface area contributed by atoms with Crippen molar-refractivity contribution >= 4 is 17.6 Å². The number of benzene rings is 1. The van der Waals surface area contributed by atoms with Gasteiger partial charge in [-0.3, -0.25) is 4.79 Å². The molecular formula is C25H35F3N2O4. The van der Waals surface area contributed by atoms with E-state index in [1.807, 2.05) is 13.0 Å². The van der Waals surface area contributed by atoms with Crippen molar-refractivity contribution < 1.29 is 32.2 Å². The molecule has 1 aromatic carbocycles. The summed E-state index contributed by atoms with van der Waals surface area (Å²) in [5, 5.41) is 0. The molecule has 6 nitrogen and oxygen atoms in total. The summed E-state index contributed by atoms with van der Waals surface area (Å²) in [6, 6.07) is 4.55. The lowest BCUT2D eigenvalue weighted by atomic mass is 9.92. The minimum absolute atomic E-state index is 0.0296. The van der Waals surface area contributed by atoms with Gasteiger partial charge >= 0.3 is 18.2 Å². The van der Waals surface area contributed by atoms with Gasteiger partial charge in [-0.15, -0.1) is 0 Å². The standard InChI is InChI=1S/C25H35F3N2O4/c1-6-9-20(21-14-18(10-11-22(21)33-5)15-23(31)34-8-3)13-19(12-17(4)25(26,27)28)16-30(7-2)24(29)32/h9-12,14,17H,6-8,13,15-16H2,1-5H3,(H2,29,32)/b19-12+,20-9+. The number of likely N-dealkylation sites (N-methyl/N-ethyl adjacent to an activating group) is 1. The van der Waals surface area contributed by atoms with Crippen molar-refractivity contribution in [3.8, 4) is 5.75 Å². The molecule has 0 radical (unpaired) electrons. The number of allylic oxidation sites excluding steroid dienone is 3. The van der Waals surface area contributed by atoms with Crippen LogP contribution in [0, 0.1) is 5.92 Å². The van der Waals surface area contributed by atoms with E-state index in [0.29, 0.717) is 28.9 Å². The molecule has 0 fully saturated rings. The third-order valence-corrected chi connectivity index (χ3v) is 5.22. The van der Waals surface area contributed by atoms with Crippen molar-refractivity contribution in [2.24, 2.45) is 11.7 Å². The molecular weight excluding hydrogens is 449 g/mol. The molecule has 1 aromatic rings. The molecule has 1 atom stereocenters. The van der Waals surface area contributed by atoms with Crippen molar-refractivity contribution in [3.05, 3.63) is 47.1 Å². The molecule has 2 N–H and O–H groups in total. The van der Waals surface area contributed by atoms with E-state index >= 15 is 0 Å². The van der Waals surface area contributed by atoms with Crippen LogP contribution in [-0.4, -0.2) is 49.9 Å². The molecule has 0 aromatic heterocycles. The number of esters is 1. The monoisotopic (exact) mass is 484 g/mol. The number of carbonyl (C=O) groups is 2. The van der Waals surface area contributed by atoms with Gasteiger partial charge in [0.15, 0.2) is 0 Å². The molecule has 0 bridgehead atoms. The van der Waals surface area contributed by atoms with Crippen LogP contribution in [0.15, 0.2) is 35.9 Å². The van der Waals surface area contributed by atoms with E-state index in [9.17, 15) is 22.8 Å². The first-order valence-corrected chi connectivity index (χ1v) is 11.3. The average molecular weight is 485 g/mol. The average Bonchev–Trinajstić information content (AvgIpc) is 2.76. The molecule has 0 saturated heterocycles. The largest absolute Gasteiger partial charge is 0.496 e. The summed E-state index contributed by atoms with van der Waals surface area (Å²) in [6.45, 7) is 6.92. The van der Waals surface area contributed by atoms with Crippen molar-refractivity contribution in [1.82, 2.24) is 4.90 Å².